The predicted octanol–water partition coefficient (Wildman–Crippen LogP) is 2.67. The van der Waals surface area contributed by atoms with E-state index in [0.717, 1.165) is 18.4 Å². The fraction of sp³-hybridized carbons (Fsp3) is 0.455. The van der Waals surface area contributed by atoms with Crippen LogP contribution in [-0.2, 0) is 6.42 Å². The van der Waals surface area contributed by atoms with Crippen LogP contribution in [-0.4, -0.2) is 16.1 Å². The number of hydrogen-bond donors (Lipinski definition) is 1. The minimum absolute atomic E-state index is 0.0662. The highest BCUT2D eigenvalue weighted by molar-refractivity contribution is 9.10. The van der Waals surface area contributed by atoms with Gasteiger partial charge in [-0.15, -0.1) is 0 Å². The zero-order valence-corrected chi connectivity index (χ0v) is 10.2. The third-order valence-electron chi connectivity index (χ3n) is 2.84. The van der Waals surface area contributed by atoms with E-state index in [9.17, 15) is 15.2 Å². The molecule has 1 unspecified atom stereocenters. The highest BCUT2D eigenvalue weighted by atomic mass is 79.9. The van der Waals surface area contributed by atoms with Crippen molar-refractivity contribution in [3.05, 3.63) is 38.3 Å². The van der Waals surface area contributed by atoms with Crippen LogP contribution >= 0.6 is 15.9 Å². The molecule has 4 nitrogen and oxygen atoms in total. The smallest absolute Gasteiger partial charge is 0.270 e. The molecule has 1 atom stereocenters. The van der Waals surface area contributed by atoms with Gasteiger partial charge in [0, 0.05) is 16.6 Å². The van der Waals surface area contributed by atoms with Gasteiger partial charge < -0.3 is 5.11 Å². The Morgan fingerprint density at radius 3 is 2.75 bits per heavy atom. The molecule has 1 aromatic rings. The molecule has 1 N–H and O–H groups in total. The molecule has 0 spiro atoms. The van der Waals surface area contributed by atoms with E-state index in [1.165, 1.54) is 12.1 Å². The Morgan fingerprint density at radius 1 is 1.56 bits per heavy atom. The first kappa shape index (κ1) is 11.5. The Hall–Kier alpha value is -0.940. The van der Waals surface area contributed by atoms with Gasteiger partial charge in [0.05, 0.1) is 11.0 Å². The molecule has 1 fully saturated rings. The molecule has 0 amide bonds. The molecular formula is C11H12BrNO3. The predicted molar refractivity (Wildman–Crippen MR) is 63.2 cm³/mol. The first-order valence-corrected chi connectivity index (χ1v) is 5.98. The molecule has 0 aliphatic heterocycles. The topological polar surface area (TPSA) is 63.4 Å². The maximum atomic E-state index is 10.5. The number of aliphatic hydroxyl groups excluding tert-OH is 1. The number of nitro groups is 1. The van der Waals surface area contributed by atoms with Crippen molar-refractivity contribution in [3.63, 3.8) is 0 Å². The lowest BCUT2D eigenvalue weighted by Crippen LogP contribution is -2.13. The van der Waals surface area contributed by atoms with Crippen LogP contribution in [0, 0.1) is 16.0 Å². The second kappa shape index (κ2) is 4.51. The summed E-state index contributed by atoms with van der Waals surface area (Å²) in [7, 11) is 0. The summed E-state index contributed by atoms with van der Waals surface area (Å²) in [6.45, 7) is 0. The molecule has 0 saturated heterocycles. The molecule has 0 bridgehead atoms. The number of nitrogens with zero attached hydrogens (tertiary/aromatic N) is 1. The SMILES string of the molecule is O=[N+]([O-])c1ccc(CC(O)C2CC2)c(Br)c1. The van der Waals surface area contributed by atoms with Crippen LogP contribution in [0.1, 0.15) is 18.4 Å². The van der Waals surface area contributed by atoms with Crippen molar-refractivity contribution in [2.75, 3.05) is 0 Å². The summed E-state index contributed by atoms with van der Waals surface area (Å²) in [5.41, 5.74) is 0.988. The van der Waals surface area contributed by atoms with Crippen LogP contribution in [0.5, 0.6) is 0 Å². The van der Waals surface area contributed by atoms with Crippen LogP contribution in [0.4, 0.5) is 5.69 Å². The third-order valence-corrected chi connectivity index (χ3v) is 3.58. The van der Waals surface area contributed by atoms with Crippen LogP contribution in [0.2, 0.25) is 0 Å². The van der Waals surface area contributed by atoms with Gasteiger partial charge in [0.2, 0.25) is 0 Å². The molecular weight excluding hydrogens is 274 g/mol. The Morgan fingerprint density at radius 2 is 2.25 bits per heavy atom. The number of non-ortho nitro benzene ring substituents is 1. The molecule has 5 heteroatoms. The second-order valence-corrected chi connectivity index (χ2v) is 5.00. The van der Waals surface area contributed by atoms with Gasteiger partial charge in [-0.2, -0.15) is 0 Å². The lowest BCUT2D eigenvalue weighted by atomic mass is 10.0. The van der Waals surface area contributed by atoms with Gasteiger partial charge >= 0.3 is 0 Å². The van der Waals surface area contributed by atoms with Crippen molar-refractivity contribution in [1.82, 2.24) is 0 Å². The summed E-state index contributed by atoms with van der Waals surface area (Å²) in [4.78, 5) is 10.1. The Labute approximate surface area is 102 Å². The fourth-order valence-corrected chi connectivity index (χ4v) is 2.22. The van der Waals surface area contributed by atoms with Crippen molar-refractivity contribution in [3.8, 4) is 0 Å². The molecule has 0 aromatic heterocycles. The summed E-state index contributed by atoms with van der Waals surface area (Å²) >= 11 is 3.30. The molecule has 1 saturated carbocycles. The lowest BCUT2D eigenvalue weighted by molar-refractivity contribution is -0.384. The van der Waals surface area contributed by atoms with E-state index in [1.54, 1.807) is 6.07 Å². The zero-order chi connectivity index (χ0) is 11.7. The van der Waals surface area contributed by atoms with E-state index < -0.39 is 4.92 Å². The number of benzene rings is 1. The number of nitro benzene ring substituents is 1. The Kier molecular flexibility index (Phi) is 3.25. The molecule has 1 aliphatic rings. The maximum Gasteiger partial charge on any atom is 0.270 e. The van der Waals surface area contributed by atoms with Crippen LogP contribution in [0.15, 0.2) is 22.7 Å². The molecule has 2 rings (SSSR count). The molecule has 0 radical (unpaired) electrons. The fourth-order valence-electron chi connectivity index (χ4n) is 1.69. The van der Waals surface area contributed by atoms with Crippen LogP contribution < -0.4 is 0 Å². The van der Waals surface area contributed by atoms with Gasteiger partial charge in [-0.3, -0.25) is 10.1 Å². The second-order valence-electron chi connectivity index (χ2n) is 4.14. The van der Waals surface area contributed by atoms with Gasteiger partial charge in [-0.05, 0) is 30.7 Å². The average molecular weight is 286 g/mol. The van der Waals surface area contributed by atoms with Gasteiger partial charge in [-0.1, -0.05) is 22.0 Å². The number of aliphatic hydroxyl groups is 1. The average Bonchev–Trinajstić information content (AvgIpc) is 3.03. The van der Waals surface area contributed by atoms with Crippen LogP contribution in [0.3, 0.4) is 0 Å². The van der Waals surface area contributed by atoms with E-state index in [0.29, 0.717) is 16.8 Å². The van der Waals surface area contributed by atoms with Crippen molar-refractivity contribution < 1.29 is 10.0 Å². The minimum atomic E-state index is -0.425. The monoisotopic (exact) mass is 285 g/mol. The lowest BCUT2D eigenvalue weighted by Gasteiger charge is -2.10. The zero-order valence-electron chi connectivity index (χ0n) is 8.60. The molecule has 86 valence electrons. The van der Waals surface area contributed by atoms with E-state index >= 15 is 0 Å². The Balaban J connectivity index is 2.12. The third kappa shape index (κ3) is 2.59. The van der Waals surface area contributed by atoms with Crippen molar-refractivity contribution in [2.45, 2.75) is 25.4 Å². The minimum Gasteiger partial charge on any atom is -0.392 e. The highest BCUT2D eigenvalue weighted by Crippen LogP contribution is 2.35. The van der Waals surface area contributed by atoms with Crippen LogP contribution in [0.25, 0.3) is 0 Å². The van der Waals surface area contributed by atoms with E-state index in [1.807, 2.05) is 0 Å². The molecule has 16 heavy (non-hydrogen) atoms. The molecule has 1 aliphatic carbocycles. The number of rotatable bonds is 4. The Bertz CT molecular complexity index is 418. The maximum absolute atomic E-state index is 10.5. The highest BCUT2D eigenvalue weighted by Gasteiger charge is 2.30. The van der Waals surface area contributed by atoms with Crippen molar-refractivity contribution in [2.24, 2.45) is 5.92 Å². The largest absolute Gasteiger partial charge is 0.392 e. The summed E-state index contributed by atoms with van der Waals surface area (Å²) < 4.78 is 0.696. The normalized spacial score (nSPS) is 17.1. The van der Waals surface area contributed by atoms with E-state index in [4.69, 9.17) is 0 Å². The summed E-state index contributed by atoms with van der Waals surface area (Å²) in [5.74, 6) is 0.419. The number of hydrogen-bond acceptors (Lipinski definition) is 3. The molecule has 1 aromatic carbocycles. The van der Waals surface area contributed by atoms with E-state index in [2.05, 4.69) is 15.9 Å². The molecule has 0 heterocycles. The van der Waals surface area contributed by atoms with Crippen molar-refractivity contribution >= 4 is 21.6 Å². The summed E-state index contributed by atoms with van der Waals surface area (Å²) in [6, 6.07) is 4.66. The van der Waals surface area contributed by atoms with Gasteiger partial charge in [0.15, 0.2) is 0 Å². The van der Waals surface area contributed by atoms with Gasteiger partial charge in [0.1, 0.15) is 0 Å². The van der Waals surface area contributed by atoms with Gasteiger partial charge in [-0.25, -0.2) is 0 Å². The quantitative estimate of drug-likeness (QED) is 0.683. The summed E-state index contributed by atoms with van der Waals surface area (Å²) in [6.07, 6.45) is 2.42. The van der Waals surface area contributed by atoms with Gasteiger partial charge in [0.25, 0.3) is 5.69 Å². The number of halogens is 1. The standard InChI is InChI=1S/C11H12BrNO3/c12-10-6-9(13(15)16)4-3-8(10)5-11(14)7-1-2-7/h3-4,6-7,11,14H,1-2,5H2. The van der Waals surface area contributed by atoms with E-state index in [-0.39, 0.29) is 11.8 Å². The summed E-state index contributed by atoms with van der Waals surface area (Å²) in [5, 5.41) is 20.3. The first-order valence-electron chi connectivity index (χ1n) is 5.19. The first-order chi connectivity index (χ1) is 7.58. The van der Waals surface area contributed by atoms with Crippen molar-refractivity contribution in [1.29, 1.82) is 0 Å².